The van der Waals surface area contributed by atoms with Crippen molar-refractivity contribution in [1.29, 1.82) is 0 Å². The topological polar surface area (TPSA) is 73.8 Å². The van der Waals surface area contributed by atoms with E-state index in [0.29, 0.717) is 6.54 Å². The first kappa shape index (κ1) is 16.6. The molecule has 1 atom stereocenters. The molecule has 1 aromatic carbocycles. The number of phenols is 1. The molecule has 0 radical (unpaired) electrons. The first-order valence-electron chi connectivity index (χ1n) is 7.76. The van der Waals surface area contributed by atoms with Gasteiger partial charge in [-0.3, -0.25) is 4.90 Å². The Morgan fingerprint density at radius 3 is 2.68 bits per heavy atom. The van der Waals surface area contributed by atoms with Crippen LogP contribution in [0.2, 0.25) is 0 Å². The monoisotopic (exact) mass is 307 g/mol. The average Bonchev–Trinajstić information content (AvgIpc) is 2.50. The van der Waals surface area contributed by atoms with E-state index in [-0.39, 0.29) is 17.8 Å². The number of hydrogen-bond acceptors (Lipinski definition) is 4. The normalized spacial score (nSPS) is 17.0. The summed E-state index contributed by atoms with van der Waals surface area (Å²) in [4.78, 5) is 14.1. The van der Waals surface area contributed by atoms with Crippen molar-refractivity contribution in [1.82, 2.24) is 15.5 Å². The van der Waals surface area contributed by atoms with Crippen molar-refractivity contribution in [3.63, 3.8) is 0 Å². The standard InChI is InChI=1S/C16H25N3O3/c1-13(12-14-2-4-15(20)5-3-14)18-16(21)17-6-7-19-8-10-22-11-9-19/h2-5,13,20H,6-12H2,1H3,(H2,17,18,21)/t13-/m0/s1. The number of carbonyl (C=O) groups excluding carboxylic acids is 1. The predicted octanol–water partition coefficient (Wildman–Crippen LogP) is 0.955. The third-order valence-corrected chi connectivity index (χ3v) is 3.67. The van der Waals surface area contributed by atoms with Gasteiger partial charge >= 0.3 is 6.03 Å². The number of amides is 2. The van der Waals surface area contributed by atoms with Gasteiger partial charge in [0.1, 0.15) is 5.75 Å². The highest BCUT2D eigenvalue weighted by atomic mass is 16.5. The maximum absolute atomic E-state index is 11.8. The number of hydrogen-bond donors (Lipinski definition) is 3. The van der Waals surface area contributed by atoms with Gasteiger partial charge in [0.05, 0.1) is 13.2 Å². The minimum Gasteiger partial charge on any atom is -0.508 e. The zero-order valence-corrected chi connectivity index (χ0v) is 13.0. The molecular weight excluding hydrogens is 282 g/mol. The van der Waals surface area contributed by atoms with Gasteiger partial charge in [-0.1, -0.05) is 12.1 Å². The lowest BCUT2D eigenvalue weighted by Gasteiger charge is -2.26. The minimum atomic E-state index is -0.139. The lowest BCUT2D eigenvalue weighted by atomic mass is 10.1. The molecule has 22 heavy (non-hydrogen) atoms. The molecule has 1 aromatic rings. The molecule has 1 fully saturated rings. The number of nitrogens with zero attached hydrogens (tertiary/aromatic N) is 1. The van der Waals surface area contributed by atoms with Gasteiger partial charge in [0.15, 0.2) is 0 Å². The lowest BCUT2D eigenvalue weighted by Crippen LogP contribution is -2.46. The van der Waals surface area contributed by atoms with Crippen molar-refractivity contribution in [3.05, 3.63) is 29.8 Å². The number of aromatic hydroxyl groups is 1. The fourth-order valence-electron chi connectivity index (χ4n) is 2.46. The van der Waals surface area contributed by atoms with Gasteiger partial charge < -0.3 is 20.5 Å². The Bertz CT molecular complexity index is 458. The molecule has 0 bridgehead atoms. The van der Waals surface area contributed by atoms with Gasteiger partial charge in [-0.25, -0.2) is 4.79 Å². The molecule has 3 N–H and O–H groups in total. The summed E-state index contributed by atoms with van der Waals surface area (Å²) in [7, 11) is 0. The third-order valence-electron chi connectivity index (χ3n) is 3.67. The summed E-state index contributed by atoms with van der Waals surface area (Å²) in [5.41, 5.74) is 1.08. The van der Waals surface area contributed by atoms with E-state index < -0.39 is 0 Å². The van der Waals surface area contributed by atoms with E-state index >= 15 is 0 Å². The van der Waals surface area contributed by atoms with Crippen LogP contribution in [0.15, 0.2) is 24.3 Å². The quantitative estimate of drug-likeness (QED) is 0.732. The number of rotatable bonds is 6. The number of ether oxygens (including phenoxy) is 1. The second kappa shape index (κ2) is 8.60. The molecule has 2 rings (SSSR count). The Morgan fingerprint density at radius 1 is 1.32 bits per heavy atom. The molecule has 0 unspecified atom stereocenters. The summed E-state index contributed by atoms with van der Waals surface area (Å²) in [5, 5.41) is 15.1. The van der Waals surface area contributed by atoms with Crippen molar-refractivity contribution in [2.45, 2.75) is 19.4 Å². The summed E-state index contributed by atoms with van der Waals surface area (Å²) in [6.07, 6.45) is 0.733. The molecule has 2 amide bonds. The van der Waals surface area contributed by atoms with Crippen LogP contribution >= 0.6 is 0 Å². The van der Waals surface area contributed by atoms with Crippen molar-refractivity contribution in [3.8, 4) is 5.75 Å². The molecule has 1 saturated heterocycles. The highest BCUT2D eigenvalue weighted by Crippen LogP contribution is 2.11. The molecule has 122 valence electrons. The van der Waals surface area contributed by atoms with Crippen LogP contribution in [0.25, 0.3) is 0 Å². The smallest absolute Gasteiger partial charge is 0.315 e. The van der Waals surface area contributed by atoms with Crippen LogP contribution in [0.3, 0.4) is 0 Å². The second-order valence-corrected chi connectivity index (χ2v) is 5.63. The van der Waals surface area contributed by atoms with Gasteiger partial charge in [-0.15, -0.1) is 0 Å². The van der Waals surface area contributed by atoms with Crippen LogP contribution in [-0.2, 0) is 11.2 Å². The summed E-state index contributed by atoms with van der Waals surface area (Å²) in [6.45, 7) is 6.86. The van der Waals surface area contributed by atoms with Crippen LogP contribution < -0.4 is 10.6 Å². The third kappa shape index (κ3) is 5.91. The molecule has 6 heteroatoms. The van der Waals surface area contributed by atoms with E-state index in [0.717, 1.165) is 44.8 Å². The summed E-state index contributed by atoms with van der Waals surface area (Å²) < 4.78 is 5.29. The number of nitrogens with one attached hydrogen (secondary N) is 2. The fraction of sp³-hybridized carbons (Fsp3) is 0.562. The Morgan fingerprint density at radius 2 is 2.00 bits per heavy atom. The number of urea groups is 1. The van der Waals surface area contributed by atoms with Gasteiger partial charge in [-0.05, 0) is 31.0 Å². The van der Waals surface area contributed by atoms with E-state index in [4.69, 9.17) is 4.74 Å². The zero-order chi connectivity index (χ0) is 15.8. The molecule has 6 nitrogen and oxygen atoms in total. The van der Waals surface area contributed by atoms with E-state index in [9.17, 15) is 9.90 Å². The second-order valence-electron chi connectivity index (χ2n) is 5.63. The number of carbonyl (C=O) groups is 1. The minimum absolute atomic E-state index is 0.0351. The van der Waals surface area contributed by atoms with E-state index in [1.54, 1.807) is 12.1 Å². The fourth-order valence-corrected chi connectivity index (χ4v) is 2.46. The molecule has 1 aliphatic rings. The van der Waals surface area contributed by atoms with Crippen molar-refractivity contribution in [2.75, 3.05) is 39.4 Å². The average molecular weight is 307 g/mol. The molecule has 1 heterocycles. The van der Waals surface area contributed by atoms with Crippen molar-refractivity contribution in [2.24, 2.45) is 0 Å². The Hall–Kier alpha value is -1.79. The largest absolute Gasteiger partial charge is 0.508 e. The van der Waals surface area contributed by atoms with Crippen LogP contribution in [0.5, 0.6) is 5.75 Å². The van der Waals surface area contributed by atoms with Gasteiger partial charge in [0.25, 0.3) is 0 Å². The van der Waals surface area contributed by atoms with Crippen molar-refractivity contribution < 1.29 is 14.6 Å². The van der Waals surface area contributed by atoms with Gasteiger partial charge in [0.2, 0.25) is 0 Å². The molecule has 0 aromatic heterocycles. The Balaban J connectivity index is 1.62. The van der Waals surface area contributed by atoms with E-state index in [1.165, 1.54) is 0 Å². The highest BCUT2D eigenvalue weighted by molar-refractivity contribution is 5.74. The van der Waals surface area contributed by atoms with E-state index in [2.05, 4.69) is 15.5 Å². The highest BCUT2D eigenvalue weighted by Gasteiger charge is 2.11. The van der Waals surface area contributed by atoms with Crippen LogP contribution in [0.4, 0.5) is 4.79 Å². The molecular formula is C16H25N3O3. The number of morpholine rings is 1. The van der Waals surface area contributed by atoms with E-state index in [1.807, 2.05) is 19.1 Å². The first-order valence-corrected chi connectivity index (χ1v) is 7.76. The summed E-state index contributed by atoms with van der Waals surface area (Å²) in [6, 6.07) is 6.94. The summed E-state index contributed by atoms with van der Waals surface area (Å²) in [5.74, 6) is 0.255. The number of benzene rings is 1. The maximum atomic E-state index is 11.8. The van der Waals surface area contributed by atoms with Crippen molar-refractivity contribution >= 4 is 6.03 Å². The zero-order valence-electron chi connectivity index (χ0n) is 13.0. The predicted molar refractivity (Wildman–Crippen MR) is 85.1 cm³/mol. The maximum Gasteiger partial charge on any atom is 0.315 e. The Kier molecular flexibility index (Phi) is 6.48. The number of phenolic OH excluding ortho intramolecular Hbond substituents is 1. The molecule has 1 aliphatic heterocycles. The Labute approximate surface area is 131 Å². The summed E-state index contributed by atoms with van der Waals surface area (Å²) >= 11 is 0. The molecule has 0 saturated carbocycles. The van der Waals surface area contributed by atoms with Gasteiger partial charge in [0, 0.05) is 32.2 Å². The molecule has 0 aliphatic carbocycles. The van der Waals surface area contributed by atoms with Crippen LogP contribution in [0, 0.1) is 0 Å². The van der Waals surface area contributed by atoms with Gasteiger partial charge in [-0.2, -0.15) is 0 Å². The molecule has 0 spiro atoms. The lowest BCUT2D eigenvalue weighted by molar-refractivity contribution is 0.0387. The van der Waals surface area contributed by atoms with Crippen LogP contribution in [0.1, 0.15) is 12.5 Å². The van der Waals surface area contributed by atoms with Crippen LogP contribution in [-0.4, -0.2) is 61.5 Å². The first-order chi connectivity index (χ1) is 10.6. The SMILES string of the molecule is C[C@@H](Cc1ccc(O)cc1)NC(=O)NCCN1CCOCC1.